The van der Waals surface area contributed by atoms with Gasteiger partial charge in [0.25, 0.3) is 0 Å². The second-order valence-electron chi connectivity index (χ2n) is 2.12. The molecular formula is C7H6BrF2NO. The zero-order valence-electron chi connectivity index (χ0n) is 6.22. The van der Waals surface area contributed by atoms with Crippen LogP contribution in [-0.2, 0) is 0 Å². The molecule has 0 unspecified atom stereocenters. The summed E-state index contributed by atoms with van der Waals surface area (Å²) < 4.78 is 27.9. The van der Waals surface area contributed by atoms with Crippen LogP contribution in [0.1, 0.15) is 5.69 Å². The van der Waals surface area contributed by atoms with Gasteiger partial charge in [0.2, 0.25) is 0 Å². The van der Waals surface area contributed by atoms with Gasteiger partial charge < -0.3 is 4.74 Å². The van der Waals surface area contributed by atoms with E-state index in [1.807, 2.05) is 0 Å². The number of aromatic nitrogens is 1. The first-order valence-electron chi connectivity index (χ1n) is 3.17. The van der Waals surface area contributed by atoms with Crippen LogP contribution >= 0.6 is 15.9 Å². The molecule has 0 spiro atoms. The molecule has 0 bridgehead atoms. The average molecular weight is 238 g/mol. The molecule has 5 heteroatoms. The summed E-state index contributed by atoms with van der Waals surface area (Å²) in [5.41, 5.74) is 0.739. The van der Waals surface area contributed by atoms with Gasteiger partial charge in [-0.1, -0.05) is 0 Å². The van der Waals surface area contributed by atoms with E-state index >= 15 is 0 Å². The monoisotopic (exact) mass is 237 g/mol. The number of ether oxygens (including phenoxy) is 1. The predicted octanol–water partition coefficient (Wildman–Crippen LogP) is 2.75. The van der Waals surface area contributed by atoms with Crippen LogP contribution < -0.4 is 4.74 Å². The lowest BCUT2D eigenvalue weighted by atomic mass is 10.4. The van der Waals surface area contributed by atoms with Gasteiger partial charge in [-0.2, -0.15) is 8.78 Å². The van der Waals surface area contributed by atoms with Gasteiger partial charge in [0.05, 0.1) is 0 Å². The SMILES string of the molecule is Cc1ccc(OC(F)F)c(Br)n1. The average Bonchev–Trinajstić information content (AvgIpc) is 1.94. The number of nitrogens with zero attached hydrogens (tertiary/aromatic N) is 1. The van der Waals surface area contributed by atoms with Gasteiger partial charge in [-0.15, -0.1) is 0 Å². The Morgan fingerprint density at radius 3 is 2.67 bits per heavy atom. The van der Waals surface area contributed by atoms with Gasteiger partial charge >= 0.3 is 6.61 Å². The van der Waals surface area contributed by atoms with Gasteiger partial charge in [0.1, 0.15) is 4.60 Å². The summed E-state index contributed by atoms with van der Waals surface area (Å²) >= 11 is 3.01. The summed E-state index contributed by atoms with van der Waals surface area (Å²) in [6.45, 7) is -1.05. The van der Waals surface area contributed by atoms with Crippen molar-refractivity contribution in [1.82, 2.24) is 4.98 Å². The van der Waals surface area contributed by atoms with Crippen LogP contribution in [0.15, 0.2) is 16.7 Å². The van der Waals surface area contributed by atoms with Gasteiger partial charge in [-0.05, 0) is 35.0 Å². The van der Waals surface area contributed by atoms with Crippen molar-refractivity contribution in [2.24, 2.45) is 0 Å². The van der Waals surface area contributed by atoms with Crippen molar-refractivity contribution < 1.29 is 13.5 Å². The number of alkyl halides is 2. The molecule has 1 rings (SSSR count). The van der Waals surface area contributed by atoms with Crippen LogP contribution in [0.5, 0.6) is 5.75 Å². The maximum Gasteiger partial charge on any atom is 0.387 e. The van der Waals surface area contributed by atoms with Crippen molar-refractivity contribution in [3.8, 4) is 5.75 Å². The highest BCUT2D eigenvalue weighted by Crippen LogP contribution is 2.23. The van der Waals surface area contributed by atoms with Gasteiger partial charge in [-0.25, -0.2) is 4.98 Å². The molecule has 0 aliphatic heterocycles. The van der Waals surface area contributed by atoms with E-state index in [0.717, 1.165) is 5.69 Å². The predicted molar refractivity (Wildman–Crippen MR) is 43.3 cm³/mol. The molecule has 0 aliphatic rings. The van der Waals surface area contributed by atoms with E-state index < -0.39 is 6.61 Å². The molecule has 0 aromatic carbocycles. The van der Waals surface area contributed by atoms with Crippen molar-refractivity contribution in [3.63, 3.8) is 0 Å². The minimum Gasteiger partial charge on any atom is -0.432 e. The van der Waals surface area contributed by atoms with E-state index in [0.29, 0.717) is 4.60 Å². The molecule has 0 atom stereocenters. The normalized spacial score (nSPS) is 10.4. The quantitative estimate of drug-likeness (QED) is 0.739. The first kappa shape index (κ1) is 9.38. The maximum atomic E-state index is 11.7. The Bertz CT molecular complexity index is 280. The van der Waals surface area contributed by atoms with Crippen molar-refractivity contribution in [2.45, 2.75) is 13.5 Å². The van der Waals surface area contributed by atoms with E-state index in [-0.39, 0.29) is 5.75 Å². The summed E-state index contributed by atoms with van der Waals surface area (Å²) in [6.07, 6.45) is 0. The summed E-state index contributed by atoms with van der Waals surface area (Å²) in [6, 6.07) is 3.04. The Morgan fingerprint density at radius 1 is 1.50 bits per heavy atom. The van der Waals surface area contributed by atoms with Crippen LogP contribution in [-0.4, -0.2) is 11.6 Å². The second kappa shape index (κ2) is 3.80. The molecule has 2 nitrogen and oxygen atoms in total. The van der Waals surface area contributed by atoms with Gasteiger partial charge in [0.15, 0.2) is 5.75 Å². The summed E-state index contributed by atoms with van der Waals surface area (Å²) in [4.78, 5) is 3.88. The molecule has 0 N–H and O–H groups in total. The van der Waals surface area contributed by atoms with Crippen LogP contribution in [0.3, 0.4) is 0 Å². The Balaban J connectivity index is 2.86. The third kappa shape index (κ3) is 2.41. The largest absolute Gasteiger partial charge is 0.432 e. The fourth-order valence-electron chi connectivity index (χ4n) is 0.696. The van der Waals surface area contributed by atoms with Crippen molar-refractivity contribution >= 4 is 15.9 Å². The fourth-order valence-corrected chi connectivity index (χ4v) is 1.20. The van der Waals surface area contributed by atoms with E-state index in [9.17, 15) is 8.78 Å². The van der Waals surface area contributed by atoms with Crippen molar-refractivity contribution in [2.75, 3.05) is 0 Å². The fraction of sp³-hybridized carbons (Fsp3) is 0.286. The van der Waals surface area contributed by atoms with Gasteiger partial charge in [0, 0.05) is 5.69 Å². The van der Waals surface area contributed by atoms with E-state index in [4.69, 9.17) is 0 Å². The molecule has 0 fully saturated rings. The van der Waals surface area contributed by atoms with E-state index in [2.05, 4.69) is 25.7 Å². The molecule has 1 heterocycles. The lowest BCUT2D eigenvalue weighted by Crippen LogP contribution is -2.03. The molecule has 0 radical (unpaired) electrons. The van der Waals surface area contributed by atoms with Crippen LogP contribution in [0.2, 0.25) is 0 Å². The topological polar surface area (TPSA) is 22.1 Å². The smallest absolute Gasteiger partial charge is 0.387 e. The van der Waals surface area contributed by atoms with E-state index in [1.54, 1.807) is 13.0 Å². The highest BCUT2D eigenvalue weighted by atomic mass is 79.9. The lowest BCUT2D eigenvalue weighted by molar-refractivity contribution is -0.0506. The summed E-state index contributed by atoms with van der Waals surface area (Å²) in [7, 11) is 0. The third-order valence-electron chi connectivity index (χ3n) is 1.17. The Morgan fingerprint density at radius 2 is 2.17 bits per heavy atom. The molecular weight excluding hydrogens is 232 g/mol. The third-order valence-corrected chi connectivity index (χ3v) is 1.74. The zero-order chi connectivity index (χ0) is 9.14. The molecule has 1 aromatic heterocycles. The Hall–Kier alpha value is -0.710. The van der Waals surface area contributed by atoms with E-state index in [1.165, 1.54) is 6.07 Å². The van der Waals surface area contributed by atoms with Crippen molar-refractivity contribution in [3.05, 3.63) is 22.4 Å². The minimum absolute atomic E-state index is 0.0515. The van der Waals surface area contributed by atoms with Crippen LogP contribution in [0, 0.1) is 6.92 Å². The number of halogens is 3. The Labute approximate surface area is 76.7 Å². The zero-order valence-corrected chi connectivity index (χ0v) is 7.81. The van der Waals surface area contributed by atoms with Gasteiger partial charge in [-0.3, -0.25) is 0 Å². The molecule has 1 aromatic rings. The summed E-state index contributed by atoms with van der Waals surface area (Å²) in [5.74, 6) is 0.0515. The van der Waals surface area contributed by atoms with Crippen LogP contribution in [0.25, 0.3) is 0 Å². The molecule has 12 heavy (non-hydrogen) atoms. The first-order valence-corrected chi connectivity index (χ1v) is 3.97. The molecule has 66 valence electrons. The minimum atomic E-state index is -2.81. The molecule has 0 amide bonds. The highest BCUT2D eigenvalue weighted by Gasteiger charge is 2.08. The molecule has 0 aliphatic carbocycles. The lowest BCUT2D eigenvalue weighted by Gasteiger charge is -2.05. The Kier molecular flexibility index (Phi) is 2.97. The number of pyridine rings is 1. The number of aryl methyl sites for hydroxylation is 1. The highest BCUT2D eigenvalue weighted by molar-refractivity contribution is 9.10. The standard InChI is InChI=1S/C7H6BrF2NO/c1-4-2-3-5(6(8)11-4)12-7(9)10/h2-3,7H,1H3. The first-order chi connectivity index (χ1) is 5.59. The molecule has 0 saturated heterocycles. The second-order valence-corrected chi connectivity index (χ2v) is 2.87. The van der Waals surface area contributed by atoms with Crippen molar-refractivity contribution in [1.29, 1.82) is 0 Å². The number of hydrogen-bond acceptors (Lipinski definition) is 2. The number of hydrogen-bond donors (Lipinski definition) is 0. The number of rotatable bonds is 2. The molecule has 0 saturated carbocycles. The summed E-state index contributed by atoms with van der Waals surface area (Å²) in [5, 5.41) is 0. The van der Waals surface area contributed by atoms with Crippen LogP contribution in [0.4, 0.5) is 8.78 Å². The maximum absolute atomic E-state index is 11.7.